The quantitative estimate of drug-likeness (QED) is 0.876. The van der Waals surface area contributed by atoms with Gasteiger partial charge in [-0.1, -0.05) is 18.2 Å². The zero-order valence-corrected chi connectivity index (χ0v) is 11.8. The first-order chi connectivity index (χ1) is 9.65. The Morgan fingerprint density at radius 2 is 2.05 bits per heavy atom. The van der Waals surface area contributed by atoms with Crippen molar-refractivity contribution in [3.63, 3.8) is 0 Å². The van der Waals surface area contributed by atoms with E-state index in [1.807, 2.05) is 50.2 Å². The Morgan fingerprint density at radius 1 is 1.20 bits per heavy atom. The fraction of sp³-hybridized carbons (Fsp3) is 0.250. The molecule has 0 fully saturated rings. The van der Waals surface area contributed by atoms with Gasteiger partial charge in [0.05, 0.1) is 12.2 Å². The summed E-state index contributed by atoms with van der Waals surface area (Å²) >= 11 is 0. The standard InChI is InChI=1S/C16H19N3O/c1-12-6-7-13(2)15(9-12)19-16(20)11-17-10-14-5-3-4-8-18-14/h3-9,17H,10-11H2,1-2H3,(H,19,20). The van der Waals surface area contributed by atoms with Crippen LogP contribution in [-0.2, 0) is 11.3 Å². The minimum absolute atomic E-state index is 0.0466. The van der Waals surface area contributed by atoms with Crippen LogP contribution in [0.15, 0.2) is 42.6 Å². The molecule has 1 aromatic heterocycles. The molecule has 4 heteroatoms. The molecule has 0 aliphatic rings. The normalized spacial score (nSPS) is 10.3. The molecule has 2 rings (SSSR count). The number of aryl methyl sites for hydroxylation is 2. The molecule has 0 saturated heterocycles. The van der Waals surface area contributed by atoms with E-state index < -0.39 is 0 Å². The van der Waals surface area contributed by atoms with Crippen molar-refractivity contribution in [1.82, 2.24) is 10.3 Å². The molecule has 0 atom stereocenters. The molecule has 2 aromatic rings. The first-order valence-electron chi connectivity index (χ1n) is 6.63. The zero-order chi connectivity index (χ0) is 14.4. The lowest BCUT2D eigenvalue weighted by atomic mass is 10.1. The van der Waals surface area contributed by atoms with Gasteiger partial charge in [0.1, 0.15) is 0 Å². The predicted octanol–water partition coefficient (Wildman–Crippen LogP) is 2.43. The molecule has 104 valence electrons. The van der Waals surface area contributed by atoms with Gasteiger partial charge in [0.15, 0.2) is 0 Å². The summed E-state index contributed by atoms with van der Waals surface area (Å²) in [4.78, 5) is 16.1. The van der Waals surface area contributed by atoms with Gasteiger partial charge in [0, 0.05) is 18.4 Å². The van der Waals surface area contributed by atoms with E-state index in [-0.39, 0.29) is 12.5 Å². The smallest absolute Gasteiger partial charge is 0.238 e. The van der Waals surface area contributed by atoms with Crippen LogP contribution in [0.2, 0.25) is 0 Å². The fourth-order valence-electron chi connectivity index (χ4n) is 1.87. The highest BCUT2D eigenvalue weighted by atomic mass is 16.1. The van der Waals surface area contributed by atoms with Crippen LogP contribution in [0.5, 0.6) is 0 Å². The predicted molar refractivity (Wildman–Crippen MR) is 80.5 cm³/mol. The van der Waals surface area contributed by atoms with E-state index in [1.165, 1.54) is 0 Å². The lowest BCUT2D eigenvalue weighted by molar-refractivity contribution is -0.115. The number of pyridine rings is 1. The minimum atomic E-state index is -0.0466. The molecule has 0 bridgehead atoms. The van der Waals surface area contributed by atoms with Gasteiger partial charge in [-0.3, -0.25) is 9.78 Å². The number of aromatic nitrogens is 1. The molecular weight excluding hydrogens is 250 g/mol. The summed E-state index contributed by atoms with van der Waals surface area (Å²) in [6, 6.07) is 11.7. The van der Waals surface area contributed by atoms with Crippen molar-refractivity contribution in [2.45, 2.75) is 20.4 Å². The SMILES string of the molecule is Cc1ccc(C)c(NC(=O)CNCc2ccccn2)c1. The first kappa shape index (κ1) is 14.2. The zero-order valence-electron chi connectivity index (χ0n) is 11.8. The van der Waals surface area contributed by atoms with Crippen molar-refractivity contribution >= 4 is 11.6 Å². The second-order valence-electron chi connectivity index (χ2n) is 4.79. The molecule has 1 aromatic carbocycles. The molecular formula is C16H19N3O. The third-order valence-electron chi connectivity index (χ3n) is 2.98. The molecule has 1 amide bonds. The van der Waals surface area contributed by atoms with Gasteiger partial charge >= 0.3 is 0 Å². The summed E-state index contributed by atoms with van der Waals surface area (Å²) in [7, 11) is 0. The van der Waals surface area contributed by atoms with Crippen LogP contribution >= 0.6 is 0 Å². The van der Waals surface area contributed by atoms with E-state index in [4.69, 9.17) is 0 Å². The molecule has 0 saturated carbocycles. The number of carbonyl (C=O) groups is 1. The summed E-state index contributed by atoms with van der Waals surface area (Å²) in [6.07, 6.45) is 1.74. The summed E-state index contributed by atoms with van der Waals surface area (Å²) < 4.78 is 0. The Bertz CT molecular complexity index is 582. The number of benzene rings is 1. The van der Waals surface area contributed by atoms with Crippen LogP contribution in [0.3, 0.4) is 0 Å². The lowest BCUT2D eigenvalue weighted by Gasteiger charge is -2.10. The Kier molecular flexibility index (Phi) is 4.85. The molecule has 1 heterocycles. The third-order valence-corrected chi connectivity index (χ3v) is 2.98. The maximum absolute atomic E-state index is 11.9. The van der Waals surface area contributed by atoms with Gasteiger partial charge in [0.25, 0.3) is 0 Å². The highest BCUT2D eigenvalue weighted by molar-refractivity contribution is 5.93. The molecule has 0 radical (unpaired) electrons. The number of hydrogen-bond acceptors (Lipinski definition) is 3. The molecule has 0 aliphatic carbocycles. The van der Waals surface area contributed by atoms with Gasteiger partial charge in [-0.2, -0.15) is 0 Å². The van der Waals surface area contributed by atoms with Gasteiger partial charge < -0.3 is 10.6 Å². The van der Waals surface area contributed by atoms with Crippen molar-refractivity contribution in [3.8, 4) is 0 Å². The highest BCUT2D eigenvalue weighted by Gasteiger charge is 2.04. The van der Waals surface area contributed by atoms with E-state index >= 15 is 0 Å². The van der Waals surface area contributed by atoms with Crippen LogP contribution in [0.4, 0.5) is 5.69 Å². The first-order valence-corrected chi connectivity index (χ1v) is 6.63. The van der Waals surface area contributed by atoms with Gasteiger partial charge in [-0.15, -0.1) is 0 Å². The maximum atomic E-state index is 11.9. The second kappa shape index (κ2) is 6.82. The summed E-state index contributed by atoms with van der Waals surface area (Å²) in [5, 5.41) is 6.00. The molecule has 20 heavy (non-hydrogen) atoms. The number of anilines is 1. The van der Waals surface area contributed by atoms with Crippen LogP contribution in [0.1, 0.15) is 16.8 Å². The van der Waals surface area contributed by atoms with Crippen LogP contribution < -0.4 is 10.6 Å². The average molecular weight is 269 g/mol. The van der Waals surface area contributed by atoms with Crippen molar-refractivity contribution in [2.24, 2.45) is 0 Å². The van der Waals surface area contributed by atoms with E-state index in [9.17, 15) is 4.79 Å². The van der Waals surface area contributed by atoms with E-state index in [0.717, 1.165) is 22.5 Å². The van der Waals surface area contributed by atoms with Gasteiger partial charge in [-0.25, -0.2) is 0 Å². The monoisotopic (exact) mass is 269 g/mol. The maximum Gasteiger partial charge on any atom is 0.238 e. The Labute approximate surface area is 119 Å². The number of amides is 1. The average Bonchev–Trinajstić information content (AvgIpc) is 2.44. The fourth-order valence-corrected chi connectivity index (χ4v) is 1.87. The molecule has 0 aliphatic heterocycles. The Morgan fingerprint density at radius 3 is 2.80 bits per heavy atom. The topological polar surface area (TPSA) is 54.0 Å². The number of nitrogens with one attached hydrogen (secondary N) is 2. The van der Waals surface area contributed by atoms with E-state index in [0.29, 0.717) is 6.54 Å². The number of nitrogens with zero attached hydrogens (tertiary/aromatic N) is 1. The van der Waals surface area contributed by atoms with Gasteiger partial charge in [-0.05, 0) is 43.2 Å². The van der Waals surface area contributed by atoms with Crippen molar-refractivity contribution in [3.05, 3.63) is 59.4 Å². The largest absolute Gasteiger partial charge is 0.325 e. The third kappa shape index (κ3) is 4.17. The van der Waals surface area contributed by atoms with E-state index in [1.54, 1.807) is 6.20 Å². The number of hydrogen-bond donors (Lipinski definition) is 2. The number of rotatable bonds is 5. The minimum Gasteiger partial charge on any atom is -0.325 e. The van der Waals surface area contributed by atoms with Gasteiger partial charge in [0.2, 0.25) is 5.91 Å². The van der Waals surface area contributed by atoms with E-state index in [2.05, 4.69) is 15.6 Å². The van der Waals surface area contributed by atoms with Crippen LogP contribution in [-0.4, -0.2) is 17.4 Å². The number of carbonyl (C=O) groups excluding carboxylic acids is 1. The Hall–Kier alpha value is -2.20. The van der Waals surface area contributed by atoms with Crippen molar-refractivity contribution < 1.29 is 4.79 Å². The summed E-state index contributed by atoms with van der Waals surface area (Å²) in [5.74, 6) is -0.0466. The lowest BCUT2D eigenvalue weighted by Crippen LogP contribution is -2.28. The van der Waals surface area contributed by atoms with Crippen LogP contribution in [0.25, 0.3) is 0 Å². The van der Waals surface area contributed by atoms with Crippen molar-refractivity contribution in [2.75, 3.05) is 11.9 Å². The Balaban J connectivity index is 1.82. The molecule has 0 unspecified atom stereocenters. The molecule has 2 N–H and O–H groups in total. The second-order valence-corrected chi connectivity index (χ2v) is 4.79. The molecule has 0 spiro atoms. The van der Waals surface area contributed by atoms with Crippen molar-refractivity contribution in [1.29, 1.82) is 0 Å². The summed E-state index contributed by atoms with van der Waals surface area (Å²) in [6.45, 7) is 4.84. The molecule has 4 nitrogen and oxygen atoms in total. The summed E-state index contributed by atoms with van der Waals surface area (Å²) in [5.41, 5.74) is 3.99. The van der Waals surface area contributed by atoms with Crippen LogP contribution in [0, 0.1) is 13.8 Å². The highest BCUT2D eigenvalue weighted by Crippen LogP contribution is 2.15.